The molecule has 0 saturated carbocycles. The molecule has 5 nitrogen and oxygen atoms in total. The summed E-state index contributed by atoms with van der Waals surface area (Å²) < 4.78 is 6.99. The first-order valence-electron chi connectivity index (χ1n) is 6.23. The molecule has 0 aliphatic heterocycles. The summed E-state index contributed by atoms with van der Waals surface area (Å²) in [5.74, 6) is 0.260. The van der Waals surface area contributed by atoms with Crippen molar-refractivity contribution >= 4 is 44.0 Å². The van der Waals surface area contributed by atoms with E-state index in [1.165, 1.54) is 12.3 Å². The fourth-order valence-electron chi connectivity index (χ4n) is 1.54. The summed E-state index contributed by atoms with van der Waals surface area (Å²) in [6.45, 7) is -0.155. The summed E-state index contributed by atoms with van der Waals surface area (Å²) in [5.41, 5.74) is 2.82. The Balaban J connectivity index is 1.85. The highest BCUT2D eigenvalue weighted by atomic mass is 79.9. The second-order valence-corrected chi connectivity index (χ2v) is 6.07. The van der Waals surface area contributed by atoms with Gasteiger partial charge in [0.05, 0.1) is 6.21 Å². The highest BCUT2D eigenvalue weighted by molar-refractivity contribution is 9.10. The second kappa shape index (κ2) is 7.95. The van der Waals surface area contributed by atoms with Gasteiger partial charge in [0.15, 0.2) is 6.61 Å². The number of nitrogens with zero attached hydrogens (tertiary/aromatic N) is 1. The van der Waals surface area contributed by atoms with Crippen molar-refractivity contribution in [2.45, 2.75) is 0 Å². The van der Waals surface area contributed by atoms with E-state index >= 15 is 0 Å². The van der Waals surface area contributed by atoms with E-state index in [9.17, 15) is 9.90 Å². The molecule has 7 heteroatoms. The van der Waals surface area contributed by atoms with E-state index in [-0.39, 0.29) is 12.4 Å². The first-order chi connectivity index (χ1) is 10.5. The van der Waals surface area contributed by atoms with Crippen LogP contribution in [0.5, 0.6) is 11.5 Å². The lowest BCUT2D eigenvalue weighted by molar-refractivity contribution is -0.123. The number of halogens is 2. The molecular weight excluding hydrogens is 416 g/mol. The minimum Gasteiger partial charge on any atom is -0.507 e. The van der Waals surface area contributed by atoms with Gasteiger partial charge >= 0.3 is 0 Å². The van der Waals surface area contributed by atoms with Gasteiger partial charge in [0.25, 0.3) is 5.91 Å². The smallest absolute Gasteiger partial charge is 0.277 e. The minimum atomic E-state index is -0.397. The zero-order chi connectivity index (χ0) is 15.9. The van der Waals surface area contributed by atoms with Crippen LogP contribution in [-0.4, -0.2) is 23.8 Å². The molecule has 2 rings (SSSR count). The fraction of sp³-hybridized carbons (Fsp3) is 0.0667. The number of hydrogen-bond donors (Lipinski definition) is 2. The van der Waals surface area contributed by atoms with Crippen LogP contribution in [0, 0.1) is 0 Å². The van der Waals surface area contributed by atoms with Gasteiger partial charge in [0.2, 0.25) is 0 Å². The zero-order valence-corrected chi connectivity index (χ0v) is 14.5. The number of benzene rings is 2. The lowest BCUT2D eigenvalue weighted by Gasteiger charge is -2.05. The van der Waals surface area contributed by atoms with Crippen molar-refractivity contribution in [3.05, 3.63) is 57.0 Å². The molecule has 2 N–H and O–H groups in total. The van der Waals surface area contributed by atoms with Crippen LogP contribution in [0.2, 0.25) is 0 Å². The van der Waals surface area contributed by atoms with Crippen molar-refractivity contribution in [2.24, 2.45) is 5.10 Å². The van der Waals surface area contributed by atoms with Gasteiger partial charge in [-0.3, -0.25) is 4.79 Å². The number of phenols is 1. The number of carbonyl (C=O) groups excluding carboxylic acids is 1. The third kappa shape index (κ3) is 5.16. The number of ether oxygens (including phenoxy) is 1. The molecule has 0 radical (unpaired) electrons. The van der Waals surface area contributed by atoms with Gasteiger partial charge in [-0.15, -0.1) is 0 Å². The van der Waals surface area contributed by atoms with Crippen molar-refractivity contribution in [3.63, 3.8) is 0 Å². The third-order valence-corrected chi connectivity index (χ3v) is 3.53. The number of amides is 1. The molecule has 0 saturated heterocycles. The van der Waals surface area contributed by atoms with Crippen LogP contribution in [-0.2, 0) is 4.79 Å². The summed E-state index contributed by atoms with van der Waals surface area (Å²) in [7, 11) is 0. The zero-order valence-electron chi connectivity index (χ0n) is 11.3. The monoisotopic (exact) mass is 426 g/mol. The van der Waals surface area contributed by atoms with Gasteiger partial charge in [-0.2, -0.15) is 5.10 Å². The Hall–Kier alpha value is -1.86. The van der Waals surface area contributed by atoms with E-state index in [0.717, 1.165) is 8.95 Å². The lowest BCUT2D eigenvalue weighted by Crippen LogP contribution is -2.24. The number of rotatable bonds is 5. The molecule has 0 aliphatic rings. The number of carbonyl (C=O) groups is 1. The molecular formula is C15H12Br2N2O3. The molecule has 1 amide bonds. The van der Waals surface area contributed by atoms with Gasteiger partial charge < -0.3 is 9.84 Å². The van der Waals surface area contributed by atoms with E-state index in [0.29, 0.717) is 11.3 Å². The molecule has 114 valence electrons. The average Bonchev–Trinajstić information content (AvgIpc) is 2.49. The maximum atomic E-state index is 11.6. The normalized spacial score (nSPS) is 10.6. The van der Waals surface area contributed by atoms with E-state index in [4.69, 9.17) is 4.74 Å². The van der Waals surface area contributed by atoms with Gasteiger partial charge in [-0.1, -0.05) is 37.9 Å². The van der Waals surface area contributed by atoms with Crippen LogP contribution < -0.4 is 10.2 Å². The fourth-order valence-corrected chi connectivity index (χ4v) is 2.30. The number of nitrogens with one attached hydrogen (secondary N) is 1. The average molecular weight is 428 g/mol. The summed E-state index contributed by atoms with van der Waals surface area (Å²) in [4.78, 5) is 11.6. The van der Waals surface area contributed by atoms with Crippen molar-refractivity contribution in [2.75, 3.05) is 6.61 Å². The first kappa shape index (κ1) is 16.5. The molecule has 0 spiro atoms. The number of aromatic hydroxyl groups is 1. The molecule has 22 heavy (non-hydrogen) atoms. The highest BCUT2D eigenvalue weighted by Gasteiger charge is 2.02. The predicted octanol–water partition coefficient (Wildman–Crippen LogP) is 3.45. The highest BCUT2D eigenvalue weighted by Crippen LogP contribution is 2.20. The van der Waals surface area contributed by atoms with Crippen LogP contribution in [0.3, 0.4) is 0 Å². The standard InChI is InChI=1S/C15H12Br2N2O3/c16-11-2-1-3-13(7-11)22-9-15(21)19-18-8-10-6-12(17)4-5-14(10)20/h1-8,20H,9H2,(H,19,21)/b18-8-. The second-order valence-electron chi connectivity index (χ2n) is 4.24. The maximum absolute atomic E-state index is 11.6. The van der Waals surface area contributed by atoms with Gasteiger partial charge in [0, 0.05) is 14.5 Å². The molecule has 0 fully saturated rings. The van der Waals surface area contributed by atoms with E-state index in [1.807, 2.05) is 12.1 Å². The Morgan fingerprint density at radius 2 is 2.00 bits per heavy atom. The summed E-state index contributed by atoms with van der Waals surface area (Å²) >= 11 is 6.61. The molecule has 0 unspecified atom stereocenters. The molecule has 0 heterocycles. The van der Waals surface area contributed by atoms with Crippen LogP contribution in [0.1, 0.15) is 5.56 Å². The Morgan fingerprint density at radius 3 is 2.77 bits per heavy atom. The number of hydrazone groups is 1. The van der Waals surface area contributed by atoms with Crippen molar-refractivity contribution in [1.29, 1.82) is 0 Å². The van der Waals surface area contributed by atoms with Crippen molar-refractivity contribution in [3.8, 4) is 11.5 Å². The topological polar surface area (TPSA) is 70.9 Å². The molecule has 0 bridgehead atoms. The SMILES string of the molecule is O=C(COc1cccc(Br)c1)N/N=C\c1cc(Br)ccc1O. The third-order valence-electron chi connectivity index (χ3n) is 2.55. The van der Waals surface area contributed by atoms with Crippen LogP contribution >= 0.6 is 31.9 Å². The number of hydrogen-bond acceptors (Lipinski definition) is 4. The molecule has 0 atom stereocenters. The van der Waals surface area contributed by atoms with Gasteiger partial charge in [-0.05, 0) is 36.4 Å². The summed E-state index contributed by atoms with van der Waals surface area (Å²) in [6.07, 6.45) is 1.36. The van der Waals surface area contributed by atoms with Crippen LogP contribution in [0.4, 0.5) is 0 Å². The Bertz CT molecular complexity index is 705. The van der Waals surface area contributed by atoms with Crippen molar-refractivity contribution < 1.29 is 14.6 Å². The largest absolute Gasteiger partial charge is 0.507 e. The van der Waals surface area contributed by atoms with Gasteiger partial charge in [-0.25, -0.2) is 5.43 Å². The van der Waals surface area contributed by atoms with E-state index in [2.05, 4.69) is 42.4 Å². The summed E-state index contributed by atoms with van der Waals surface area (Å²) in [6, 6.07) is 12.1. The van der Waals surface area contributed by atoms with E-state index < -0.39 is 5.91 Å². The Morgan fingerprint density at radius 1 is 1.23 bits per heavy atom. The summed E-state index contributed by atoms with van der Waals surface area (Å²) in [5, 5.41) is 13.4. The van der Waals surface area contributed by atoms with E-state index in [1.54, 1.807) is 24.3 Å². The maximum Gasteiger partial charge on any atom is 0.277 e. The quantitative estimate of drug-likeness (QED) is 0.567. The predicted molar refractivity (Wildman–Crippen MR) is 91.2 cm³/mol. The first-order valence-corrected chi connectivity index (χ1v) is 7.82. The molecule has 2 aromatic carbocycles. The molecule has 0 aliphatic carbocycles. The Kier molecular flexibility index (Phi) is 5.97. The Labute approximate surface area is 144 Å². The number of phenolic OH excluding ortho intramolecular Hbond substituents is 1. The van der Waals surface area contributed by atoms with Crippen LogP contribution in [0.15, 0.2) is 56.5 Å². The van der Waals surface area contributed by atoms with Crippen LogP contribution in [0.25, 0.3) is 0 Å². The minimum absolute atomic E-state index is 0.0755. The van der Waals surface area contributed by atoms with Gasteiger partial charge in [0.1, 0.15) is 11.5 Å². The molecule has 2 aromatic rings. The van der Waals surface area contributed by atoms with Crippen molar-refractivity contribution in [1.82, 2.24) is 5.43 Å². The molecule has 0 aromatic heterocycles. The lowest BCUT2D eigenvalue weighted by atomic mass is 10.2.